The fourth-order valence-corrected chi connectivity index (χ4v) is 2.09. The van der Waals surface area contributed by atoms with E-state index in [0.29, 0.717) is 5.69 Å². The van der Waals surface area contributed by atoms with Crippen LogP contribution in [0.1, 0.15) is 18.7 Å². The predicted octanol–water partition coefficient (Wildman–Crippen LogP) is 4.24. The molecular formula is C12H11BrF3N3O. The second kappa shape index (κ2) is 5.74. The molecule has 0 aliphatic rings. The van der Waals surface area contributed by atoms with Crippen molar-refractivity contribution in [2.75, 3.05) is 5.32 Å². The lowest BCUT2D eigenvalue weighted by Crippen LogP contribution is -2.17. The van der Waals surface area contributed by atoms with Crippen molar-refractivity contribution in [3.8, 4) is 5.75 Å². The highest BCUT2D eigenvalue weighted by molar-refractivity contribution is 9.10. The van der Waals surface area contributed by atoms with Crippen LogP contribution in [0.2, 0.25) is 0 Å². The molecule has 20 heavy (non-hydrogen) atoms. The lowest BCUT2D eigenvalue weighted by Gasteiger charge is -2.15. The first-order valence-electron chi connectivity index (χ1n) is 5.66. The van der Waals surface area contributed by atoms with Crippen molar-refractivity contribution in [2.24, 2.45) is 0 Å². The molecule has 8 heteroatoms. The number of anilines is 1. The number of rotatable bonds is 4. The number of alkyl halides is 3. The molecule has 0 bridgehead atoms. The number of H-pyrrole nitrogens is 1. The van der Waals surface area contributed by atoms with Gasteiger partial charge in [0, 0.05) is 11.9 Å². The molecular weight excluding hydrogens is 339 g/mol. The van der Waals surface area contributed by atoms with Gasteiger partial charge in [0.2, 0.25) is 0 Å². The van der Waals surface area contributed by atoms with Gasteiger partial charge >= 0.3 is 6.36 Å². The van der Waals surface area contributed by atoms with Crippen LogP contribution in [0, 0.1) is 0 Å². The molecule has 2 N–H and O–H groups in total. The molecule has 1 atom stereocenters. The van der Waals surface area contributed by atoms with Crippen LogP contribution in [0.4, 0.5) is 18.9 Å². The Morgan fingerprint density at radius 2 is 2.10 bits per heavy atom. The Balaban J connectivity index is 2.09. The molecule has 2 rings (SSSR count). The van der Waals surface area contributed by atoms with Gasteiger partial charge in [0.15, 0.2) is 0 Å². The Morgan fingerprint density at radius 1 is 1.35 bits per heavy atom. The van der Waals surface area contributed by atoms with Crippen LogP contribution >= 0.6 is 15.9 Å². The summed E-state index contributed by atoms with van der Waals surface area (Å²) in [4.78, 5) is 0. The summed E-state index contributed by atoms with van der Waals surface area (Å²) >= 11 is 3.05. The number of nitrogens with one attached hydrogen (secondary N) is 2. The van der Waals surface area contributed by atoms with Crippen LogP contribution in [-0.2, 0) is 0 Å². The Bertz CT molecular complexity index is 572. The van der Waals surface area contributed by atoms with Gasteiger partial charge in [0.05, 0.1) is 16.2 Å². The summed E-state index contributed by atoms with van der Waals surface area (Å²) in [6, 6.07) is 6.04. The molecule has 0 saturated heterocycles. The van der Waals surface area contributed by atoms with E-state index in [0.717, 1.165) is 5.69 Å². The average molecular weight is 350 g/mol. The van der Waals surface area contributed by atoms with Gasteiger partial charge in [-0.15, -0.1) is 13.2 Å². The Kier molecular flexibility index (Phi) is 4.22. The number of ether oxygens (including phenoxy) is 1. The SMILES string of the molecule is CC(Nc1ccc(OC(F)(F)F)c(Br)c1)c1ccn[nH]1. The number of benzene rings is 1. The first kappa shape index (κ1) is 14.7. The molecule has 0 saturated carbocycles. The molecule has 0 fully saturated rings. The Hall–Kier alpha value is -1.70. The zero-order chi connectivity index (χ0) is 14.8. The number of nitrogens with zero attached hydrogens (tertiary/aromatic N) is 1. The van der Waals surface area contributed by atoms with E-state index in [9.17, 15) is 13.2 Å². The number of halogens is 4. The molecule has 4 nitrogen and oxygen atoms in total. The predicted molar refractivity (Wildman–Crippen MR) is 71.5 cm³/mol. The number of aromatic nitrogens is 2. The molecule has 0 aliphatic carbocycles. The van der Waals surface area contributed by atoms with E-state index in [-0.39, 0.29) is 16.3 Å². The molecule has 1 heterocycles. The molecule has 1 unspecified atom stereocenters. The zero-order valence-corrected chi connectivity index (χ0v) is 11.9. The number of hydrogen-bond donors (Lipinski definition) is 2. The summed E-state index contributed by atoms with van der Waals surface area (Å²) in [5.74, 6) is -0.280. The number of aromatic amines is 1. The monoisotopic (exact) mass is 349 g/mol. The van der Waals surface area contributed by atoms with Gasteiger partial charge in [-0.05, 0) is 47.1 Å². The van der Waals surface area contributed by atoms with Crippen LogP contribution in [0.25, 0.3) is 0 Å². The summed E-state index contributed by atoms with van der Waals surface area (Å²) in [5, 5.41) is 9.79. The highest BCUT2D eigenvalue weighted by Gasteiger charge is 2.31. The second-order valence-corrected chi connectivity index (χ2v) is 4.93. The topological polar surface area (TPSA) is 49.9 Å². The maximum absolute atomic E-state index is 12.1. The van der Waals surface area contributed by atoms with Crippen molar-refractivity contribution in [3.63, 3.8) is 0 Å². The van der Waals surface area contributed by atoms with Gasteiger partial charge in [0.1, 0.15) is 5.75 Å². The van der Waals surface area contributed by atoms with Crippen LogP contribution < -0.4 is 10.1 Å². The van der Waals surface area contributed by atoms with Crippen molar-refractivity contribution in [2.45, 2.75) is 19.3 Å². The van der Waals surface area contributed by atoms with Crippen molar-refractivity contribution in [1.29, 1.82) is 0 Å². The summed E-state index contributed by atoms with van der Waals surface area (Å²) in [6.45, 7) is 1.90. The van der Waals surface area contributed by atoms with Gasteiger partial charge in [-0.1, -0.05) is 0 Å². The van der Waals surface area contributed by atoms with E-state index < -0.39 is 6.36 Å². The van der Waals surface area contributed by atoms with E-state index in [1.54, 1.807) is 6.20 Å². The smallest absolute Gasteiger partial charge is 0.405 e. The van der Waals surface area contributed by atoms with Crippen molar-refractivity contribution < 1.29 is 17.9 Å². The molecule has 0 aliphatic heterocycles. The second-order valence-electron chi connectivity index (χ2n) is 4.07. The van der Waals surface area contributed by atoms with E-state index in [1.165, 1.54) is 18.2 Å². The number of hydrogen-bond acceptors (Lipinski definition) is 3. The molecule has 0 radical (unpaired) electrons. The third kappa shape index (κ3) is 3.89. The normalized spacial score (nSPS) is 13.1. The summed E-state index contributed by atoms with van der Waals surface area (Å²) in [5.41, 5.74) is 1.53. The van der Waals surface area contributed by atoms with Crippen LogP contribution in [-0.4, -0.2) is 16.6 Å². The molecule has 1 aromatic carbocycles. The van der Waals surface area contributed by atoms with Crippen LogP contribution in [0.5, 0.6) is 5.75 Å². The highest BCUT2D eigenvalue weighted by Crippen LogP contribution is 2.33. The van der Waals surface area contributed by atoms with Gasteiger partial charge in [0.25, 0.3) is 0 Å². The van der Waals surface area contributed by atoms with Crippen LogP contribution in [0.15, 0.2) is 34.9 Å². The van der Waals surface area contributed by atoms with Crippen molar-refractivity contribution >= 4 is 21.6 Å². The summed E-state index contributed by atoms with van der Waals surface area (Å²) in [6.07, 6.45) is -3.08. The zero-order valence-electron chi connectivity index (χ0n) is 10.3. The first-order chi connectivity index (χ1) is 9.35. The minimum absolute atomic E-state index is 0.0567. The van der Waals surface area contributed by atoms with Crippen LogP contribution in [0.3, 0.4) is 0 Å². The largest absolute Gasteiger partial charge is 0.573 e. The molecule has 108 valence electrons. The molecule has 1 aromatic heterocycles. The van der Waals surface area contributed by atoms with Gasteiger partial charge < -0.3 is 10.1 Å². The maximum Gasteiger partial charge on any atom is 0.573 e. The molecule has 2 aromatic rings. The van der Waals surface area contributed by atoms with Gasteiger partial charge in [-0.3, -0.25) is 5.10 Å². The quantitative estimate of drug-likeness (QED) is 0.867. The lowest BCUT2D eigenvalue weighted by molar-refractivity contribution is -0.274. The van der Waals surface area contributed by atoms with Gasteiger partial charge in [-0.2, -0.15) is 5.10 Å². The van der Waals surface area contributed by atoms with Crippen molar-refractivity contribution in [1.82, 2.24) is 10.2 Å². The maximum atomic E-state index is 12.1. The fourth-order valence-electron chi connectivity index (χ4n) is 1.63. The highest BCUT2D eigenvalue weighted by atomic mass is 79.9. The average Bonchev–Trinajstić information content (AvgIpc) is 2.85. The fraction of sp³-hybridized carbons (Fsp3) is 0.250. The third-order valence-corrected chi connectivity index (χ3v) is 3.15. The lowest BCUT2D eigenvalue weighted by atomic mass is 10.2. The van der Waals surface area contributed by atoms with E-state index in [1.807, 2.05) is 13.0 Å². The van der Waals surface area contributed by atoms with Gasteiger partial charge in [-0.25, -0.2) is 0 Å². The minimum Gasteiger partial charge on any atom is -0.405 e. The Morgan fingerprint density at radius 3 is 2.65 bits per heavy atom. The van der Waals surface area contributed by atoms with E-state index >= 15 is 0 Å². The van der Waals surface area contributed by atoms with E-state index in [4.69, 9.17) is 0 Å². The Labute approximate surface area is 121 Å². The molecule has 0 spiro atoms. The first-order valence-corrected chi connectivity index (χ1v) is 6.45. The minimum atomic E-state index is -4.71. The summed E-state index contributed by atoms with van der Waals surface area (Å²) in [7, 11) is 0. The third-order valence-electron chi connectivity index (χ3n) is 2.53. The van der Waals surface area contributed by atoms with Crippen molar-refractivity contribution in [3.05, 3.63) is 40.6 Å². The molecule has 0 amide bonds. The standard InChI is InChI=1S/C12H11BrF3N3O/c1-7(10-4-5-17-19-10)18-8-2-3-11(9(13)6-8)20-12(14,15)16/h2-7,18H,1H3,(H,17,19). The van der Waals surface area contributed by atoms with E-state index in [2.05, 4.69) is 36.2 Å². The summed E-state index contributed by atoms with van der Waals surface area (Å²) < 4.78 is 40.5.